The lowest BCUT2D eigenvalue weighted by Gasteiger charge is -2.41. The predicted molar refractivity (Wildman–Crippen MR) is 91.4 cm³/mol. The van der Waals surface area contributed by atoms with Crippen molar-refractivity contribution in [3.63, 3.8) is 0 Å². The average molecular weight is 301 g/mol. The third-order valence-electron chi connectivity index (χ3n) is 3.49. The summed E-state index contributed by atoms with van der Waals surface area (Å²) in [5, 5.41) is 1.08. The van der Waals surface area contributed by atoms with Gasteiger partial charge in [-0.1, -0.05) is 43.8 Å². The van der Waals surface area contributed by atoms with E-state index in [1.54, 1.807) is 11.8 Å². The normalized spacial score (nSPS) is 22.6. The Kier molecular flexibility index (Phi) is 3.40. The van der Waals surface area contributed by atoms with E-state index in [0.29, 0.717) is 0 Å². The molecule has 2 aliphatic rings. The number of rotatable bonds is 0. The summed E-state index contributed by atoms with van der Waals surface area (Å²) >= 11 is 1.77. The maximum Gasteiger partial charge on any atom is 0.170 e. The number of aliphatic imine (C=N–C) groups is 2. The molecule has 0 saturated carbocycles. The predicted octanol–water partition coefficient (Wildman–Crippen LogP) is 4.04. The molecule has 0 fully saturated rings. The first-order chi connectivity index (χ1) is 9.75. The van der Waals surface area contributed by atoms with Crippen LogP contribution in [0.15, 0.2) is 39.1 Å². The van der Waals surface area contributed by atoms with E-state index in [1.165, 1.54) is 10.5 Å². The highest BCUT2D eigenvalue weighted by molar-refractivity contribution is 8.14. The van der Waals surface area contributed by atoms with Gasteiger partial charge in [0.1, 0.15) is 5.84 Å². The lowest BCUT2D eigenvalue weighted by atomic mass is 9.91. The van der Waals surface area contributed by atoms with Crippen LogP contribution in [0.5, 0.6) is 0 Å². The van der Waals surface area contributed by atoms with Crippen molar-refractivity contribution in [3.8, 4) is 0 Å². The number of hydrogen-bond donors (Lipinski definition) is 0. The molecular formula is C17H23N3S. The minimum absolute atomic E-state index is 0.0820. The minimum atomic E-state index is -0.0820. The molecule has 1 aromatic rings. The quantitative estimate of drug-likeness (QED) is 0.723. The van der Waals surface area contributed by atoms with Crippen molar-refractivity contribution in [3.05, 3.63) is 29.8 Å². The van der Waals surface area contributed by atoms with Crippen molar-refractivity contribution in [2.24, 2.45) is 15.4 Å². The van der Waals surface area contributed by atoms with Gasteiger partial charge in [-0.2, -0.15) is 0 Å². The fourth-order valence-corrected chi connectivity index (χ4v) is 3.77. The third kappa shape index (κ3) is 3.00. The molecule has 0 unspecified atom stereocenters. The number of nitrogens with zero attached hydrogens (tertiary/aromatic N) is 3. The van der Waals surface area contributed by atoms with Gasteiger partial charge in [0, 0.05) is 29.0 Å². The first kappa shape index (κ1) is 14.6. The van der Waals surface area contributed by atoms with E-state index in [0.717, 1.165) is 24.1 Å². The van der Waals surface area contributed by atoms with Gasteiger partial charge in [-0.05, 0) is 26.8 Å². The van der Waals surface area contributed by atoms with Crippen molar-refractivity contribution < 1.29 is 0 Å². The summed E-state index contributed by atoms with van der Waals surface area (Å²) < 4.78 is 0. The molecule has 1 aromatic carbocycles. The maximum absolute atomic E-state index is 4.94. The lowest BCUT2D eigenvalue weighted by Crippen LogP contribution is -2.49. The largest absolute Gasteiger partial charge is 0.305 e. The molecule has 112 valence electrons. The van der Waals surface area contributed by atoms with Gasteiger partial charge in [0.05, 0.1) is 5.54 Å². The molecule has 0 radical (unpaired) electrons. The zero-order chi connectivity index (χ0) is 15.3. The van der Waals surface area contributed by atoms with Crippen LogP contribution in [0.2, 0.25) is 0 Å². The van der Waals surface area contributed by atoms with Crippen LogP contribution in [0.4, 0.5) is 0 Å². The summed E-state index contributed by atoms with van der Waals surface area (Å²) in [5.41, 5.74) is 1.35. The summed E-state index contributed by atoms with van der Waals surface area (Å²) in [6.07, 6.45) is 0. The smallest absolute Gasteiger partial charge is 0.170 e. The van der Waals surface area contributed by atoms with Gasteiger partial charge in [0.15, 0.2) is 5.17 Å². The summed E-state index contributed by atoms with van der Waals surface area (Å²) in [4.78, 5) is 13.4. The van der Waals surface area contributed by atoms with Gasteiger partial charge in [-0.3, -0.25) is 9.98 Å². The molecule has 21 heavy (non-hydrogen) atoms. The van der Waals surface area contributed by atoms with Crippen molar-refractivity contribution in [1.82, 2.24) is 4.90 Å². The Morgan fingerprint density at radius 3 is 2.67 bits per heavy atom. The molecule has 0 amide bonds. The van der Waals surface area contributed by atoms with Crippen LogP contribution in [0.25, 0.3) is 0 Å². The number of hydrogen-bond acceptors (Lipinski definition) is 3. The van der Waals surface area contributed by atoms with Crippen LogP contribution in [0, 0.1) is 5.41 Å². The molecule has 3 nitrogen and oxygen atoms in total. The first-order valence-electron chi connectivity index (χ1n) is 7.44. The van der Waals surface area contributed by atoms with Crippen LogP contribution in [-0.2, 0) is 0 Å². The van der Waals surface area contributed by atoms with E-state index in [4.69, 9.17) is 9.98 Å². The highest BCUT2D eigenvalue weighted by Crippen LogP contribution is 2.37. The Bertz CT molecular complexity index is 623. The highest BCUT2D eigenvalue weighted by Gasteiger charge is 2.36. The zero-order valence-corrected chi connectivity index (χ0v) is 14.3. The molecule has 3 rings (SSSR count). The monoisotopic (exact) mass is 301 g/mol. The number of benzene rings is 1. The SMILES string of the molecule is CC1(C)CN=C2c3ccccc3SC(=NC(C)(C)C)N2C1. The molecule has 4 heteroatoms. The number of fused-ring (bicyclic) bond motifs is 3. The third-order valence-corrected chi connectivity index (χ3v) is 4.56. The molecule has 0 spiro atoms. The van der Waals surface area contributed by atoms with Gasteiger partial charge in [-0.15, -0.1) is 0 Å². The lowest BCUT2D eigenvalue weighted by molar-refractivity contribution is 0.298. The molecular weight excluding hydrogens is 278 g/mol. The summed E-state index contributed by atoms with van der Waals surface area (Å²) in [5.74, 6) is 1.09. The Hall–Kier alpha value is -1.29. The van der Waals surface area contributed by atoms with E-state index in [2.05, 4.69) is 63.8 Å². The van der Waals surface area contributed by atoms with E-state index in [1.807, 2.05) is 0 Å². The van der Waals surface area contributed by atoms with Crippen molar-refractivity contribution in [2.45, 2.75) is 45.1 Å². The molecule has 0 saturated heterocycles. The minimum Gasteiger partial charge on any atom is -0.305 e. The second-order valence-corrected chi connectivity index (χ2v) is 8.56. The van der Waals surface area contributed by atoms with Gasteiger partial charge < -0.3 is 4.90 Å². The molecule has 0 atom stereocenters. The Morgan fingerprint density at radius 1 is 1.24 bits per heavy atom. The van der Waals surface area contributed by atoms with Crippen LogP contribution >= 0.6 is 11.8 Å². The molecule has 0 aliphatic carbocycles. The Morgan fingerprint density at radius 2 is 1.95 bits per heavy atom. The second kappa shape index (κ2) is 4.87. The van der Waals surface area contributed by atoms with Crippen molar-refractivity contribution >= 4 is 22.8 Å². The Labute approximate surface area is 131 Å². The molecule has 0 N–H and O–H groups in total. The van der Waals surface area contributed by atoms with E-state index in [9.17, 15) is 0 Å². The first-order valence-corrected chi connectivity index (χ1v) is 8.26. The van der Waals surface area contributed by atoms with Gasteiger partial charge in [-0.25, -0.2) is 0 Å². The van der Waals surface area contributed by atoms with Crippen LogP contribution in [0.1, 0.15) is 40.2 Å². The van der Waals surface area contributed by atoms with E-state index < -0.39 is 0 Å². The number of amidine groups is 2. The molecule has 0 bridgehead atoms. The Balaban J connectivity index is 2.13. The van der Waals surface area contributed by atoms with E-state index >= 15 is 0 Å². The maximum atomic E-state index is 4.94. The topological polar surface area (TPSA) is 28.0 Å². The van der Waals surface area contributed by atoms with E-state index in [-0.39, 0.29) is 11.0 Å². The number of thioether (sulfide) groups is 1. The van der Waals surface area contributed by atoms with Gasteiger partial charge in [0.2, 0.25) is 0 Å². The van der Waals surface area contributed by atoms with Crippen molar-refractivity contribution in [2.75, 3.05) is 13.1 Å². The van der Waals surface area contributed by atoms with Gasteiger partial charge >= 0.3 is 0 Å². The molecule has 2 heterocycles. The summed E-state index contributed by atoms with van der Waals surface area (Å²) in [6.45, 7) is 12.8. The highest BCUT2D eigenvalue weighted by atomic mass is 32.2. The molecule has 0 aromatic heterocycles. The standard InChI is InChI=1S/C17H23N3S/c1-16(2,3)19-15-20-11-17(4,5)10-18-14(20)12-8-6-7-9-13(12)21-15/h6-9H,10-11H2,1-5H3. The second-order valence-electron chi connectivity index (χ2n) is 7.55. The summed E-state index contributed by atoms with van der Waals surface area (Å²) in [6, 6.07) is 8.51. The summed E-state index contributed by atoms with van der Waals surface area (Å²) in [7, 11) is 0. The van der Waals surface area contributed by atoms with Crippen LogP contribution in [-0.4, -0.2) is 34.5 Å². The molecule has 2 aliphatic heterocycles. The van der Waals surface area contributed by atoms with Crippen molar-refractivity contribution in [1.29, 1.82) is 0 Å². The van der Waals surface area contributed by atoms with Gasteiger partial charge in [0.25, 0.3) is 0 Å². The van der Waals surface area contributed by atoms with Crippen LogP contribution in [0.3, 0.4) is 0 Å². The fourth-order valence-electron chi connectivity index (χ4n) is 2.58. The average Bonchev–Trinajstić information content (AvgIpc) is 2.36. The fraction of sp³-hybridized carbons (Fsp3) is 0.529. The zero-order valence-electron chi connectivity index (χ0n) is 13.5. The van der Waals surface area contributed by atoms with Crippen LogP contribution < -0.4 is 0 Å².